The number of piperidine rings is 1. The molecular formula is C18H27FN2O2S. The first-order valence-electron chi connectivity index (χ1n) is 8.87. The number of hydrogen-bond acceptors (Lipinski definition) is 3. The number of rotatable bonds is 5. The summed E-state index contributed by atoms with van der Waals surface area (Å²) < 4.78 is 39.4. The van der Waals surface area contributed by atoms with Gasteiger partial charge in [-0.05, 0) is 55.3 Å². The maximum atomic E-state index is 13.0. The van der Waals surface area contributed by atoms with E-state index in [1.807, 2.05) is 19.1 Å². The summed E-state index contributed by atoms with van der Waals surface area (Å²) in [6.07, 6.45) is 3.83. The summed E-state index contributed by atoms with van der Waals surface area (Å²) >= 11 is 0. The number of hydrogen-bond donors (Lipinski definition) is 0. The van der Waals surface area contributed by atoms with Gasteiger partial charge < -0.3 is 0 Å². The molecule has 0 N–H and O–H groups in total. The van der Waals surface area contributed by atoms with Crippen LogP contribution in [-0.2, 0) is 16.6 Å². The molecule has 2 aliphatic rings. The maximum absolute atomic E-state index is 13.0. The summed E-state index contributed by atoms with van der Waals surface area (Å²) in [6.45, 7) is 6.00. The fourth-order valence-electron chi connectivity index (χ4n) is 4.14. The van der Waals surface area contributed by atoms with Crippen molar-refractivity contribution in [2.24, 2.45) is 5.41 Å². The summed E-state index contributed by atoms with van der Waals surface area (Å²) in [5.41, 5.74) is 1.21. The van der Waals surface area contributed by atoms with Crippen LogP contribution in [-0.4, -0.2) is 49.6 Å². The maximum Gasteiger partial charge on any atom is 0.214 e. The third-order valence-corrected chi connectivity index (χ3v) is 7.34. The Hall–Kier alpha value is -0.980. The Labute approximate surface area is 144 Å². The minimum Gasteiger partial charge on any atom is -0.298 e. The van der Waals surface area contributed by atoms with Gasteiger partial charge in [-0.25, -0.2) is 17.1 Å². The highest BCUT2D eigenvalue weighted by molar-refractivity contribution is 7.89. The zero-order valence-electron chi connectivity index (χ0n) is 14.4. The van der Waals surface area contributed by atoms with E-state index < -0.39 is 10.0 Å². The normalized spacial score (nSPS) is 26.2. The van der Waals surface area contributed by atoms with Crippen molar-refractivity contribution < 1.29 is 12.8 Å². The monoisotopic (exact) mass is 354 g/mol. The molecule has 1 spiro atoms. The van der Waals surface area contributed by atoms with Gasteiger partial charge in [0.2, 0.25) is 10.0 Å². The van der Waals surface area contributed by atoms with Crippen LogP contribution in [0.5, 0.6) is 0 Å². The van der Waals surface area contributed by atoms with E-state index in [1.54, 1.807) is 4.31 Å². The summed E-state index contributed by atoms with van der Waals surface area (Å²) in [5, 5.41) is 0. The van der Waals surface area contributed by atoms with Crippen molar-refractivity contribution in [1.29, 1.82) is 0 Å². The largest absolute Gasteiger partial charge is 0.298 e. The Bertz CT molecular complexity index is 662. The van der Waals surface area contributed by atoms with Crippen LogP contribution in [0.25, 0.3) is 0 Å². The molecule has 2 saturated heterocycles. The van der Waals surface area contributed by atoms with Gasteiger partial charge in [-0.2, -0.15) is 0 Å². The van der Waals surface area contributed by atoms with Gasteiger partial charge in [0.25, 0.3) is 0 Å². The van der Waals surface area contributed by atoms with Crippen LogP contribution in [0, 0.1) is 11.2 Å². The topological polar surface area (TPSA) is 40.6 Å². The second-order valence-electron chi connectivity index (χ2n) is 7.34. The highest BCUT2D eigenvalue weighted by Crippen LogP contribution is 2.40. The first-order valence-corrected chi connectivity index (χ1v) is 10.5. The van der Waals surface area contributed by atoms with Gasteiger partial charge in [-0.1, -0.05) is 19.1 Å². The molecular weight excluding hydrogens is 327 g/mol. The zero-order chi connectivity index (χ0) is 17.2. The molecule has 0 aromatic heterocycles. The van der Waals surface area contributed by atoms with E-state index in [4.69, 9.17) is 0 Å². The van der Waals surface area contributed by atoms with Crippen LogP contribution >= 0.6 is 0 Å². The molecule has 2 fully saturated rings. The van der Waals surface area contributed by atoms with E-state index in [2.05, 4.69) is 4.90 Å². The second-order valence-corrected chi connectivity index (χ2v) is 9.43. The number of sulfonamides is 1. The minimum absolute atomic E-state index is 0.0963. The lowest BCUT2D eigenvalue weighted by molar-refractivity contribution is 0.0935. The molecule has 4 nitrogen and oxygen atoms in total. The Morgan fingerprint density at radius 2 is 1.88 bits per heavy atom. The van der Waals surface area contributed by atoms with E-state index in [-0.39, 0.29) is 17.0 Å². The molecule has 6 heteroatoms. The molecule has 2 heterocycles. The first kappa shape index (κ1) is 17.8. The third-order valence-electron chi connectivity index (χ3n) is 5.32. The van der Waals surface area contributed by atoms with E-state index in [0.29, 0.717) is 19.5 Å². The molecule has 0 unspecified atom stereocenters. The Balaban J connectivity index is 1.64. The Morgan fingerprint density at radius 3 is 2.58 bits per heavy atom. The average Bonchev–Trinajstić information content (AvgIpc) is 2.94. The van der Waals surface area contributed by atoms with Gasteiger partial charge in [-0.15, -0.1) is 0 Å². The summed E-state index contributed by atoms with van der Waals surface area (Å²) in [6, 6.07) is 6.68. The van der Waals surface area contributed by atoms with E-state index in [0.717, 1.165) is 44.5 Å². The van der Waals surface area contributed by atoms with Gasteiger partial charge in [0.05, 0.1) is 5.75 Å². The minimum atomic E-state index is -3.09. The molecule has 0 aliphatic carbocycles. The number of likely N-dealkylation sites (tertiary alicyclic amines) is 1. The van der Waals surface area contributed by atoms with Crippen molar-refractivity contribution >= 4 is 10.0 Å². The molecule has 3 rings (SSSR count). The second kappa shape index (κ2) is 7.10. The quantitative estimate of drug-likeness (QED) is 0.816. The molecule has 24 heavy (non-hydrogen) atoms. The molecule has 2 aliphatic heterocycles. The predicted molar refractivity (Wildman–Crippen MR) is 93.6 cm³/mol. The number of nitrogens with zero attached hydrogens (tertiary/aromatic N) is 2. The molecule has 0 saturated carbocycles. The molecule has 1 atom stereocenters. The lowest BCUT2D eigenvalue weighted by Gasteiger charge is -2.40. The van der Waals surface area contributed by atoms with E-state index in [1.165, 1.54) is 12.1 Å². The van der Waals surface area contributed by atoms with Gasteiger partial charge in [0.1, 0.15) is 5.82 Å². The van der Waals surface area contributed by atoms with Crippen molar-refractivity contribution in [2.45, 2.75) is 39.2 Å². The fraction of sp³-hybridized carbons (Fsp3) is 0.667. The van der Waals surface area contributed by atoms with Gasteiger partial charge in [0, 0.05) is 26.2 Å². The fourth-order valence-corrected chi connectivity index (χ4v) is 5.76. The SMILES string of the molecule is CCCS(=O)(=O)N1CC[C@@]2(CCCN(Cc3ccc(F)cc3)C2)C1. The van der Waals surface area contributed by atoms with Crippen LogP contribution in [0.3, 0.4) is 0 Å². The van der Waals surface area contributed by atoms with Crippen molar-refractivity contribution in [3.63, 3.8) is 0 Å². The van der Waals surface area contributed by atoms with Gasteiger partial charge >= 0.3 is 0 Å². The Kier molecular flexibility index (Phi) is 5.27. The van der Waals surface area contributed by atoms with Crippen molar-refractivity contribution in [3.05, 3.63) is 35.6 Å². The molecule has 1 aromatic carbocycles. The third kappa shape index (κ3) is 3.98. The van der Waals surface area contributed by atoms with Crippen molar-refractivity contribution in [3.8, 4) is 0 Å². The van der Waals surface area contributed by atoms with E-state index in [9.17, 15) is 12.8 Å². The number of halogens is 1. The number of benzene rings is 1. The lowest BCUT2D eigenvalue weighted by atomic mass is 9.79. The predicted octanol–water partition coefficient (Wildman–Crippen LogP) is 2.85. The molecule has 1 aromatic rings. The average molecular weight is 354 g/mol. The van der Waals surface area contributed by atoms with Crippen LogP contribution in [0.15, 0.2) is 24.3 Å². The highest BCUT2D eigenvalue weighted by atomic mass is 32.2. The molecule has 134 valence electrons. The molecule has 0 radical (unpaired) electrons. The first-order chi connectivity index (χ1) is 11.4. The Morgan fingerprint density at radius 1 is 1.12 bits per heavy atom. The van der Waals surface area contributed by atoms with Crippen LogP contribution in [0.4, 0.5) is 4.39 Å². The van der Waals surface area contributed by atoms with Crippen LogP contribution < -0.4 is 0 Å². The van der Waals surface area contributed by atoms with Crippen molar-refractivity contribution in [2.75, 3.05) is 31.9 Å². The van der Waals surface area contributed by atoms with Gasteiger partial charge in [0.15, 0.2) is 0 Å². The van der Waals surface area contributed by atoms with Crippen molar-refractivity contribution in [1.82, 2.24) is 9.21 Å². The molecule has 0 amide bonds. The summed E-state index contributed by atoms with van der Waals surface area (Å²) in [5.74, 6) is 0.0453. The zero-order valence-corrected chi connectivity index (χ0v) is 15.2. The summed E-state index contributed by atoms with van der Waals surface area (Å²) in [4.78, 5) is 2.40. The standard InChI is InChI=1S/C18H27FN2O2S/c1-2-12-24(22,23)21-11-9-18(15-21)8-3-10-20(14-18)13-16-4-6-17(19)7-5-16/h4-7H,2-3,8-15H2,1H3/t18-/m1/s1. The van der Waals surface area contributed by atoms with E-state index >= 15 is 0 Å². The van der Waals surface area contributed by atoms with Crippen LogP contribution in [0.1, 0.15) is 38.2 Å². The lowest BCUT2D eigenvalue weighted by Crippen LogP contribution is -2.45. The molecule has 0 bridgehead atoms. The smallest absolute Gasteiger partial charge is 0.214 e. The van der Waals surface area contributed by atoms with Crippen LogP contribution in [0.2, 0.25) is 0 Å². The highest BCUT2D eigenvalue weighted by Gasteiger charge is 2.44. The summed E-state index contributed by atoms with van der Waals surface area (Å²) in [7, 11) is -3.09. The van der Waals surface area contributed by atoms with Gasteiger partial charge in [-0.3, -0.25) is 4.90 Å².